The lowest BCUT2D eigenvalue weighted by atomic mass is 9.87. The molecule has 5 nitrogen and oxygen atoms in total. The van der Waals surface area contributed by atoms with Gasteiger partial charge >= 0.3 is 0 Å². The third kappa shape index (κ3) is 4.57. The van der Waals surface area contributed by atoms with Crippen molar-refractivity contribution < 1.29 is 18.4 Å². The van der Waals surface area contributed by atoms with E-state index < -0.39 is 0 Å². The Morgan fingerprint density at radius 2 is 1.81 bits per heavy atom. The van der Waals surface area contributed by atoms with E-state index in [-0.39, 0.29) is 23.7 Å². The lowest BCUT2D eigenvalue weighted by molar-refractivity contribution is 0.0916. The van der Waals surface area contributed by atoms with Crippen LogP contribution in [-0.2, 0) is 18.6 Å². The van der Waals surface area contributed by atoms with Gasteiger partial charge in [-0.3, -0.25) is 4.79 Å². The van der Waals surface area contributed by atoms with E-state index in [2.05, 4.69) is 38.2 Å². The van der Waals surface area contributed by atoms with Crippen molar-refractivity contribution in [3.8, 4) is 5.75 Å². The number of carbonyl (C=O) groups is 1. The lowest BCUT2D eigenvalue weighted by Crippen LogP contribution is -2.21. The van der Waals surface area contributed by atoms with Crippen LogP contribution in [0.5, 0.6) is 5.75 Å². The van der Waals surface area contributed by atoms with E-state index in [9.17, 15) is 4.79 Å². The number of benzene rings is 1. The summed E-state index contributed by atoms with van der Waals surface area (Å²) in [6.07, 6.45) is 1.57. The summed E-state index contributed by atoms with van der Waals surface area (Å²) in [4.78, 5) is 12.1. The molecule has 2 heterocycles. The van der Waals surface area contributed by atoms with Crippen molar-refractivity contribution >= 4 is 5.91 Å². The van der Waals surface area contributed by atoms with E-state index >= 15 is 0 Å². The van der Waals surface area contributed by atoms with Crippen molar-refractivity contribution in [1.82, 2.24) is 5.32 Å². The summed E-state index contributed by atoms with van der Waals surface area (Å²) < 4.78 is 16.5. The van der Waals surface area contributed by atoms with Gasteiger partial charge in [-0.25, -0.2) is 0 Å². The third-order valence-electron chi connectivity index (χ3n) is 3.99. The van der Waals surface area contributed by atoms with Gasteiger partial charge in [-0.1, -0.05) is 32.9 Å². The van der Waals surface area contributed by atoms with Gasteiger partial charge in [0.2, 0.25) is 0 Å². The van der Waals surface area contributed by atoms with Gasteiger partial charge in [0.05, 0.1) is 12.8 Å². The van der Waals surface area contributed by atoms with Crippen LogP contribution in [0.15, 0.2) is 63.6 Å². The standard InChI is InChI=1S/C21H23NO4/c1-21(2,3)15-6-8-16(9-7-15)25-14-18-10-11-19(26-18)20(23)22-13-17-5-4-12-24-17/h4-12H,13-14H2,1-3H3,(H,22,23). The Balaban J connectivity index is 1.52. The molecule has 2 aromatic heterocycles. The van der Waals surface area contributed by atoms with Gasteiger partial charge in [-0.05, 0) is 47.4 Å². The summed E-state index contributed by atoms with van der Waals surface area (Å²) in [5.74, 6) is 2.00. The van der Waals surface area contributed by atoms with Crippen LogP contribution in [0, 0.1) is 0 Å². The predicted octanol–water partition coefficient (Wildman–Crippen LogP) is 4.68. The van der Waals surface area contributed by atoms with Crippen LogP contribution in [-0.4, -0.2) is 5.91 Å². The molecule has 0 saturated carbocycles. The fourth-order valence-electron chi connectivity index (χ4n) is 2.45. The molecule has 3 aromatic rings. The van der Waals surface area contributed by atoms with Crippen molar-refractivity contribution in [2.45, 2.75) is 39.3 Å². The van der Waals surface area contributed by atoms with Gasteiger partial charge in [0, 0.05) is 0 Å². The number of hydrogen-bond donors (Lipinski definition) is 1. The summed E-state index contributed by atoms with van der Waals surface area (Å²) in [5.41, 5.74) is 1.36. The zero-order chi connectivity index (χ0) is 18.6. The fourth-order valence-corrected chi connectivity index (χ4v) is 2.45. The Kier molecular flexibility index (Phi) is 5.16. The molecule has 5 heteroatoms. The quantitative estimate of drug-likeness (QED) is 0.699. The highest BCUT2D eigenvalue weighted by atomic mass is 16.5. The molecule has 0 aliphatic rings. The molecule has 0 fully saturated rings. The Morgan fingerprint density at radius 1 is 1.04 bits per heavy atom. The number of carbonyl (C=O) groups excluding carboxylic acids is 1. The highest BCUT2D eigenvalue weighted by molar-refractivity contribution is 5.91. The van der Waals surface area contributed by atoms with Crippen LogP contribution in [0.25, 0.3) is 0 Å². The van der Waals surface area contributed by atoms with Crippen LogP contribution in [0.4, 0.5) is 0 Å². The molecule has 1 amide bonds. The molecule has 0 aliphatic carbocycles. The highest BCUT2D eigenvalue weighted by Gasteiger charge is 2.14. The highest BCUT2D eigenvalue weighted by Crippen LogP contribution is 2.24. The van der Waals surface area contributed by atoms with Crippen LogP contribution >= 0.6 is 0 Å². The fraction of sp³-hybridized carbons (Fsp3) is 0.286. The molecule has 0 atom stereocenters. The average Bonchev–Trinajstić information content (AvgIpc) is 3.29. The summed E-state index contributed by atoms with van der Waals surface area (Å²) >= 11 is 0. The molecule has 1 aromatic carbocycles. The Bertz CT molecular complexity index is 839. The Hall–Kier alpha value is -2.95. The minimum Gasteiger partial charge on any atom is -0.486 e. The maximum atomic E-state index is 12.1. The van der Waals surface area contributed by atoms with Gasteiger partial charge in [-0.2, -0.15) is 0 Å². The predicted molar refractivity (Wildman–Crippen MR) is 98.1 cm³/mol. The first kappa shape index (κ1) is 17.9. The first-order valence-corrected chi connectivity index (χ1v) is 8.54. The molecule has 136 valence electrons. The first-order chi connectivity index (χ1) is 12.4. The minimum absolute atomic E-state index is 0.109. The van der Waals surface area contributed by atoms with E-state index in [4.69, 9.17) is 13.6 Å². The number of hydrogen-bond acceptors (Lipinski definition) is 4. The summed E-state index contributed by atoms with van der Waals surface area (Å²) in [6, 6.07) is 15.0. The van der Waals surface area contributed by atoms with E-state index in [1.54, 1.807) is 30.5 Å². The molecular weight excluding hydrogens is 330 g/mol. The normalized spacial score (nSPS) is 11.3. The molecule has 0 spiro atoms. The maximum absolute atomic E-state index is 12.1. The number of ether oxygens (including phenoxy) is 1. The zero-order valence-electron chi connectivity index (χ0n) is 15.2. The van der Waals surface area contributed by atoms with Crippen molar-refractivity contribution in [1.29, 1.82) is 0 Å². The number of rotatable bonds is 6. The van der Waals surface area contributed by atoms with Crippen molar-refractivity contribution in [2.75, 3.05) is 0 Å². The average molecular weight is 353 g/mol. The SMILES string of the molecule is CC(C)(C)c1ccc(OCc2ccc(C(=O)NCc3ccco3)o2)cc1. The van der Waals surface area contributed by atoms with E-state index in [0.717, 1.165) is 5.75 Å². The number of nitrogens with one attached hydrogen (secondary N) is 1. The molecule has 0 bridgehead atoms. The first-order valence-electron chi connectivity index (χ1n) is 8.54. The molecule has 0 unspecified atom stereocenters. The van der Waals surface area contributed by atoms with Gasteiger partial charge in [0.15, 0.2) is 5.76 Å². The molecule has 1 N–H and O–H groups in total. The molecule has 26 heavy (non-hydrogen) atoms. The Morgan fingerprint density at radius 3 is 2.46 bits per heavy atom. The zero-order valence-corrected chi connectivity index (χ0v) is 15.2. The van der Waals surface area contributed by atoms with Crippen molar-refractivity contribution in [3.63, 3.8) is 0 Å². The van der Waals surface area contributed by atoms with Gasteiger partial charge in [0.25, 0.3) is 5.91 Å². The second kappa shape index (κ2) is 7.52. The largest absolute Gasteiger partial charge is 0.486 e. The van der Waals surface area contributed by atoms with Crippen LogP contribution in [0.3, 0.4) is 0 Å². The Labute approximate surface area is 153 Å². The molecular formula is C21H23NO4. The van der Waals surface area contributed by atoms with Crippen molar-refractivity contribution in [3.05, 3.63) is 77.6 Å². The molecule has 0 radical (unpaired) electrons. The summed E-state index contributed by atoms with van der Waals surface area (Å²) in [7, 11) is 0. The van der Waals surface area contributed by atoms with Gasteiger partial charge < -0.3 is 18.9 Å². The summed E-state index contributed by atoms with van der Waals surface area (Å²) in [6.45, 7) is 7.09. The summed E-state index contributed by atoms with van der Waals surface area (Å²) in [5, 5.41) is 2.74. The van der Waals surface area contributed by atoms with E-state index in [0.29, 0.717) is 18.1 Å². The maximum Gasteiger partial charge on any atom is 0.287 e. The molecule has 0 saturated heterocycles. The third-order valence-corrected chi connectivity index (χ3v) is 3.99. The monoisotopic (exact) mass is 353 g/mol. The van der Waals surface area contributed by atoms with Crippen LogP contribution in [0.2, 0.25) is 0 Å². The van der Waals surface area contributed by atoms with E-state index in [1.165, 1.54) is 5.56 Å². The topological polar surface area (TPSA) is 64.6 Å². The van der Waals surface area contributed by atoms with Gasteiger partial charge in [-0.15, -0.1) is 0 Å². The minimum atomic E-state index is -0.290. The van der Waals surface area contributed by atoms with Crippen LogP contribution in [0.1, 0.15) is 48.4 Å². The second-order valence-electron chi connectivity index (χ2n) is 7.09. The van der Waals surface area contributed by atoms with Crippen LogP contribution < -0.4 is 10.1 Å². The van der Waals surface area contributed by atoms with Crippen molar-refractivity contribution in [2.24, 2.45) is 0 Å². The van der Waals surface area contributed by atoms with Gasteiger partial charge in [0.1, 0.15) is 23.9 Å². The van der Waals surface area contributed by atoms with E-state index in [1.807, 2.05) is 12.1 Å². The molecule has 0 aliphatic heterocycles. The number of furan rings is 2. The molecule has 3 rings (SSSR count). The lowest BCUT2D eigenvalue weighted by Gasteiger charge is -2.19. The smallest absolute Gasteiger partial charge is 0.287 e. The second-order valence-corrected chi connectivity index (χ2v) is 7.09. The number of amides is 1.